The summed E-state index contributed by atoms with van der Waals surface area (Å²) in [6.45, 7) is 7.43. The van der Waals surface area contributed by atoms with Gasteiger partial charge in [0.15, 0.2) is 0 Å². The normalized spacial score (nSPS) is 15.2. The topological polar surface area (TPSA) is 22.1 Å². The smallest absolute Gasteiger partial charge is 0.124 e. The van der Waals surface area contributed by atoms with Crippen LogP contribution >= 0.6 is 11.3 Å². The van der Waals surface area contributed by atoms with Crippen LogP contribution in [-0.4, -0.2) is 11.6 Å². The first-order valence-corrected chi connectivity index (χ1v) is 6.43. The fourth-order valence-electron chi connectivity index (χ4n) is 1.99. The summed E-state index contributed by atoms with van der Waals surface area (Å²) in [7, 11) is 0. The summed E-state index contributed by atoms with van der Waals surface area (Å²) in [6.07, 6.45) is 1.000. The molecule has 16 heavy (non-hydrogen) atoms. The van der Waals surface area contributed by atoms with Gasteiger partial charge in [-0.1, -0.05) is 20.8 Å². The van der Waals surface area contributed by atoms with Crippen LogP contribution in [0.25, 0.3) is 10.2 Å². The lowest BCUT2D eigenvalue weighted by Gasteiger charge is -2.13. The minimum atomic E-state index is 0.135. The highest BCUT2D eigenvalue weighted by atomic mass is 32.1. The third kappa shape index (κ3) is 1.42. The second-order valence-electron chi connectivity index (χ2n) is 5.26. The molecule has 1 aromatic heterocycles. The molecule has 0 aliphatic carbocycles. The monoisotopic (exact) mass is 233 g/mol. The van der Waals surface area contributed by atoms with Gasteiger partial charge in [-0.3, -0.25) is 0 Å². The Balaban J connectivity index is 2.26. The molecule has 0 spiro atoms. The molecule has 2 heterocycles. The standard InChI is InChI=1S/C13H15NOS/c1-13(2,3)12-14-11-8-6-7-15-9(8)4-5-10(11)16-12/h4-5H,6-7H2,1-3H3. The zero-order valence-electron chi connectivity index (χ0n) is 9.83. The van der Waals surface area contributed by atoms with E-state index in [2.05, 4.69) is 32.9 Å². The second kappa shape index (κ2) is 3.20. The van der Waals surface area contributed by atoms with Crippen LogP contribution in [-0.2, 0) is 11.8 Å². The highest BCUT2D eigenvalue weighted by molar-refractivity contribution is 7.18. The van der Waals surface area contributed by atoms with E-state index in [0.717, 1.165) is 24.3 Å². The third-order valence-corrected chi connectivity index (χ3v) is 4.32. The average molecular weight is 233 g/mol. The number of rotatable bonds is 0. The van der Waals surface area contributed by atoms with Crippen LogP contribution in [0.1, 0.15) is 31.3 Å². The van der Waals surface area contributed by atoms with Crippen molar-refractivity contribution in [2.24, 2.45) is 0 Å². The van der Waals surface area contributed by atoms with E-state index in [-0.39, 0.29) is 5.41 Å². The number of nitrogens with zero attached hydrogens (tertiary/aromatic N) is 1. The molecule has 0 saturated heterocycles. The third-order valence-electron chi connectivity index (χ3n) is 2.87. The molecule has 3 rings (SSSR count). The van der Waals surface area contributed by atoms with Crippen molar-refractivity contribution in [2.75, 3.05) is 6.61 Å². The molecule has 1 aliphatic rings. The minimum Gasteiger partial charge on any atom is -0.493 e. The zero-order valence-corrected chi connectivity index (χ0v) is 10.6. The molecule has 0 saturated carbocycles. The van der Waals surface area contributed by atoms with Gasteiger partial charge in [0.1, 0.15) is 5.75 Å². The van der Waals surface area contributed by atoms with Gasteiger partial charge in [-0.05, 0) is 12.1 Å². The number of benzene rings is 1. The van der Waals surface area contributed by atoms with E-state index in [1.54, 1.807) is 11.3 Å². The Hall–Kier alpha value is -1.09. The van der Waals surface area contributed by atoms with Crippen LogP contribution in [0.5, 0.6) is 5.75 Å². The molecule has 1 aromatic carbocycles. The van der Waals surface area contributed by atoms with E-state index < -0.39 is 0 Å². The molecule has 2 nitrogen and oxygen atoms in total. The fourth-order valence-corrected chi connectivity index (χ4v) is 3.04. The molecule has 0 amide bonds. The van der Waals surface area contributed by atoms with E-state index in [0.29, 0.717) is 0 Å². The van der Waals surface area contributed by atoms with Crippen molar-refractivity contribution in [1.29, 1.82) is 0 Å². The number of thiazole rings is 1. The van der Waals surface area contributed by atoms with E-state index in [1.165, 1.54) is 15.3 Å². The Morgan fingerprint density at radius 2 is 2.12 bits per heavy atom. The SMILES string of the molecule is CC(C)(C)c1nc2c3c(ccc2s1)OCC3. The maximum Gasteiger partial charge on any atom is 0.124 e. The summed E-state index contributed by atoms with van der Waals surface area (Å²) in [5.41, 5.74) is 2.59. The van der Waals surface area contributed by atoms with Gasteiger partial charge in [0.05, 0.1) is 21.8 Å². The van der Waals surface area contributed by atoms with Gasteiger partial charge in [-0.25, -0.2) is 4.98 Å². The maximum absolute atomic E-state index is 5.57. The van der Waals surface area contributed by atoms with E-state index in [9.17, 15) is 0 Å². The Bertz CT molecular complexity index is 551. The number of fused-ring (bicyclic) bond motifs is 3. The second-order valence-corrected chi connectivity index (χ2v) is 6.29. The quantitative estimate of drug-likeness (QED) is 0.694. The summed E-state index contributed by atoms with van der Waals surface area (Å²) >= 11 is 1.80. The predicted octanol–water partition coefficient (Wildman–Crippen LogP) is 3.53. The molecular formula is C13H15NOS. The van der Waals surface area contributed by atoms with Gasteiger partial charge in [-0.15, -0.1) is 11.3 Å². The molecule has 84 valence electrons. The van der Waals surface area contributed by atoms with Gasteiger partial charge in [0.25, 0.3) is 0 Å². The van der Waals surface area contributed by atoms with Crippen molar-refractivity contribution in [3.8, 4) is 5.75 Å². The molecule has 0 unspecified atom stereocenters. The van der Waals surface area contributed by atoms with Crippen molar-refractivity contribution in [3.63, 3.8) is 0 Å². The lowest BCUT2D eigenvalue weighted by molar-refractivity contribution is 0.357. The number of ether oxygens (including phenoxy) is 1. The molecule has 0 bridgehead atoms. The summed E-state index contributed by atoms with van der Waals surface area (Å²) in [5, 5.41) is 1.21. The van der Waals surface area contributed by atoms with Crippen LogP contribution in [0.3, 0.4) is 0 Å². The lowest BCUT2D eigenvalue weighted by atomic mass is 9.98. The van der Waals surface area contributed by atoms with Gasteiger partial charge in [0, 0.05) is 17.4 Å². The Morgan fingerprint density at radius 3 is 2.88 bits per heavy atom. The van der Waals surface area contributed by atoms with Crippen LogP contribution in [0.4, 0.5) is 0 Å². The van der Waals surface area contributed by atoms with E-state index in [1.807, 2.05) is 0 Å². The minimum absolute atomic E-state index is 0.135. The number of hydrogen-bond donors (Lipinski definition) is 0. The fraction of sp³-hybridized carbons (Fsp3) is 0.462. The average Bonchev–Trinajstić information content (AvgIpc) is 2.81. The van der Waals surface area contributed by atoms with Gasteiger partial charge in [-0.2, -0.15) is 0 Å². The van der Waals surface area contributed by atoms with E-state index >= 15 is 0 Å². The first-order valence-electron chi connectivity index (χ1n) is 5.61. The van der Waals surface area contributed by atoms with Crippen molar-refractivity contribution in [2.45, 2.75) is 32.6 Å². The van der Waals surface area contributed by atoms with Crippen molar-refractivity contribution < 1.29 is 4.74 Å². The first kappa shape index (κ1) is 10.1. The van der Waals surface area contributed by atoms with Crippen molar-refractivity contribution in [3.05, 3.63) is 22.7 Å². The molecular weight excluding hydrogens is 218 g/mol. The van der Waals surface area contributed by atoms with E-state index in [4.69, 9.17) is 9.72 Å². The van der Waals surface area contributed by atoms with Crippen molar-refractivity contribution in [1.82, 2.24) is 4.98 Å². The van der Waals surface area contributed by atoms with Crippen LogP contribution in [0, 0.1) is 0 Å². The Kier molecular flexibility index (Phi) is 2.02. The Morgan fingerprint density at radius 1 is 1.31 bits per heavy atom. The first-order chi connectivity index (χ1) is 7.55. The molecule has 0 fully saturated rings. The highest BCUT2D eigenvalue weighted by Gasteiger charge is 2.22. The summed E-state index contributed by atoms with van der Waals surface area (Å²) < 4.78 is 6.85. The molecule has 0 radical (unpaired) electrons. The largest absolute Gasteiger partial charge is 0.493 e. The van der Waals surface area contributed by atoms with Crippen LogP contribution in [0.15, 0.2) is 12.1 Å². The van der Waals surface area contributed by atoms with Gasteiger partial charge >= 0.3 is 0 Å². The maximum atomic E-state index is 5.57. The summed E-state index contributed by atoms with van der Waals surface area (Å²) in [4.78, 5) is 4.79. The molecule has 3 heteroatoms. The van der Waals surface area contributed by atoms with Gasteiger partial charge in [0.2, 0.25) is 0 Å². The molecule has 0 atom stereocenters. The number of aromatic nitrogens is 1. The number of hydrogen-bond acceptors (Lipinski definition) is 3. The molecule has 2 aromatic rings. The van der Waals surface area contributed by atoms with Crippen LogP contribution in [0.2, 0.25) is 0 Å². The molecule has 0 N–H and O–H groups in total. The highest BCUT2D eigenvalue weighted by Crippen LogP contribution is 2.37. The summed E-state index contributed by atoms with van der Waals surface area (Å²) in [5.74, 6) is 1.03. The van der Waals surface area contributed by atoms with Crippen LogP contribution < -0.4 is 4.74 Å². The Labute approximate surface area is 99.3 Å². The summed E-state index contributed by atoms with van der Waals surface area (Å²) in [6, 6.07) is 4.21. The van der Waals surface area contributed by atoms with Gasteiger partial charge < -0.3 is 4.74 Å². The lowest BCUT2D eigenvalue weighted by Crippen LogP contribution is -2.09. The molecule has 1 aliphatic heterocycles. The zero-order chi connectivity index (χ0) is 11.3. The predicted molar refractivity (Wildman–Crippen MR) is 67.5 cm³/mol. The van der Waals surface area contributed by atoms with Crippen molar-refractivity contribution >= 4 is 21.6 Å².